The predicted molar refractivity (Wildman–Crippen MR) is 70.0 cm³/mol. The van der Waals surface area contributed by atoms with Gasteiger partial charge in [-0.05, 0) is 20.3 Å². The van der Waals surface area contributed by atoms with Gasteiger partial charge in [-0.15, -0.1) is 0 Å². The van der Waals surface area contributed by atoms with Crippen molar-refractivity contribution in [1.82, 2.24) is 15.0 Å². The fraction of sp³-hybridized carbons (Fsp3) is 0.700. The van der Waals surface area contributed by atoms with E-state index in [0.29, 0.717) is 17.8 Å². The van der Waals surface area contributed by atoms with E-state index in [9.17, 15) is 0 Å². The van der Waals surface area contributed by atoms with Crippen LogP contribution in [0.3, 0.4) is 0 Å². The molecule has 0 radical (unpaired) electrons. The molecule has 0 saturated carbocycles. The van der Waals surface area contributed by atoms with Crippen molar-refractivity contribution in [2.45, 2.75) is 27.2 Å². The third kappa shape index (κ3) is 3.70. The fourth-order valence-corrected chi connectivity index (χ4v) is 1.39. The second-order valence-corrected chi connectivity index (χ2v) is 3.53. The summed E-state index contributed by atoms with van der Waals surface area (Å²) in [6.07, 6.45) is 1.01. The zero-order chi connectivity index (χ0) is 12.7. The van der Waals surface area contributed by atoms with Crippen molar-refractivity contribution in [2.75, 3.05) is 35.3 Å². The highest BCUT2D eigenvalue weighted by molar-refractivity contribution is 5.43. The van der Waals surface area contributed by atoms with Gasteiger partial charge in [0.25, 0.3) is 0 Å². The van der Waals surface area contributed by atoms with Crippen molar-refractivity contribution in [2.24, 2.45) is 5.84 Å². The highest BCUT2D eigenvalue weighted by Crippen LogP contribution is 2.12. The van der Waals surface area contributed by atoms with Crippen molar-refractivity contribution in [3.8, 4) is 0 Å². The highest BCUT2D eigenvalue weighted by Gasteiger charge is 2.09. The first-order chi connectivity index (χ1) is 8.24. The Kier molecular flexibility index (Phi) is 5.41. The Hall–Kier alpha value is -1.63. The van der Waals surface area contributed by atoms with Crippen LogP contribution in [0.25, 0.3) is 0 Å². The van der Waals surface area contributed by atoms with Gasteiger partial charge in [0.15, 0.2) is 0 Å². The van der Waals surface area contributed by atoms with Crippen LogP contribution >= 0.6 is 0 Å². The topological polar surface area (TPSA) is 92.0 Å². The Bertz CT molecular complexity index is 337. The molecule has 1 aromatic rings. The molecule has 1 heterocycles. The van der Waals surface area contributed by atoms with Crippen LogP contribution in [0.5, 0.6) is 0 Å². The molecule has 0 spiro atoms. The third-order valence-corrected chi connectivity index (χ3v) is 2.33. The van der Waals surface area contributed by atoms with E-state index in [1.807, 2.05) is 4.90 Å². The average Bonchev–Trinajstić information content (AvgIpc) is 2.37. The Morgan fingerprint density at radius 3 is 2.24 bits per heavy atom. The van der Waals surface area contributed by atoms with Gasteiger partial charge in [-0.2, -0.15) is 15.0 Å². The number of anilines is 3. The molecular weight excluding hydrogens is 218 g/mol. The minimum atomic E-state index is 0.375. The van der Waals surface area contributed by atoms with E-state index in [1.165, 1.54) is 0 Å². The summed E-state index contributed by atoms with van der Waals surface area (Å²) in [6, 6.07) is 0. The lowest BCUT2D eigenvalue weighted by molar-refractivity contribution is 0.810. The Balaban J connectivity index is 2.95. The van der Waals surface area contributed by atoms with E-state index >= 15 is 0 Å². The van der Waals surface area contributed by atoms with E-state index in [1.54, 1.807) is 0 Å². The van der Waals surface area contributed by atoms with E-state index < -0.39 is 0 Å². The molecule has 4 N–H and O–H groups in total. The summed E-state index contributed by atoms with van der Waals surface area (Å²) in [5, 5.41) is 3.13. The lowest BCUT2D eigenvalue weighted by Crippen LogP contribution is -2.26. The summed E-state index contributed by atoms with van der Waals surface area (Å²) in [7, 11) is 0. The molecule has 0 bridgehead atoms. The summed E-state index contributed by atoms with van der Waals surface area (Å²) in [4.78, 5) is 14.8. The first-order valence-corrected chi connectivity index (χ1v) is 5.96. The summed E-state index contributed by atoms with van der Waals surface area (Å²) >= 11 is 0. The van der Waals surface area contributed by atoms with Crippen LogP contribution < -0.4 is 21.5 Å². The second kappa shape index (κ2) is 6.85. The molecular formula is C10H21N7. The van der Waals surface area contributed by atoms with Crippen LogP contribution in [0.2, 0.25) is 0 Å². The first kappa shape index (κ1) is 13.4. The minimum absolute atomic E-state index is 0.375. The monoisotopic (exact) mass is 239 g/mol. The van der Waals surface area contributed by atoms with Crippen LogP contribution in [-0.2, 0) is 0 Å². The molecule has 0 atom stereocenters. The predicted octanol–water partition coefficient (Wildman–Crippen LogP) is 0.825. The van der Waals surface area contributed by atoms with Gasteiger partial charge in [0.2, 0.25) is 17.8 Å². The molecule has 17 heavy (non-hydrogen) atoms. The third-order valence-electron chi connectivity index (χ3n) is 2.33. The number of hydrogen-bond acceptors (Lipinski definition) is 7. The Morgan fingerprint density at radius 2 is 1.71 bits per heavy atom. The first-order valence-electron chi connectivity index (χ1n) is 5.96. The fourth-order valence-electron chi connectivity index (χ4n) is 1.39. The molecule has 0 aliphatic heterocycles. The van der Waals surface area contributed by atoms with Gasteiger partial charge >= 0.3 is 0 Å². The molecule has 0 fully saturated rings. The number of nitrogen functional groups attached to an aromatic ring is 1. The quantitative estimate of drug-likeness (QED) is 0.479. The smallest absolute Gasteiger partial charge is 0.243 e. The van der Waals surface area contributed by atoms with Crippen LogP contribution in [0, 0.1) is 0 Å². The average molecular weight is 239 g/mol. The molecule has 1 aromatic heterocycles. The summed E-state index contributed by atoms with van der Waals surface area (Å²) < 4.78 is 0. The molecule has 1 rings (SSSR count). The largest absolute Gasteiger partial charge is 0.354 e. The van der Waals surface area contributed by atoms with Gasteiger partial charge in [-0.25, -0.2) is 5.84 Å². The number of nitrogens with zero attached hydrogens (tertiary/aromatic N) is 4. The number of aromatic nitrogens is 3. The number of nitrogens with one attached hydrogen (secondary N) is 2. The van der Waals surface area contributed by atoms with Gasteiger partial charge in [0, 0.05) is 19.6 Å². The number of nitrogens with two attached hydrogens (primary N) is 1. The van der Waals surface area contributed by atoms with Crippen LogP contribution in [-0.4, -0.2) is 34.6 Å². The van der Waals surface area contributed by atoms with Crippen LogP contribution in [0.15, 0.2) is 0 Å². The number of rotatable bonds is 7. The van der Waals surface area contributed by atoms with Crippen molar-refractivity contribution in [3.63, 3.8) is 0 Å². The van der Waals surface area contributed by atoms with Gasteiger partial charge in [-0.3, -0.25) is 5.43 Å². The van der Waals surface area contributed by atoms with Crippen molar-refractivity contribution in [1.29, 1.82) is 0 Å². The maximum absolute atomic E-state index is 5.35. The van der Waals surface area contributed by atoms with Crippen molar-refractivity contribution in [3.05, 3.63) is 0 Å². The second-order valence-electron chi connectivity index (χ2n) is 3.53. The standard InChI is InChI=1S/C10H21N7/c1-4-7-12-8-13-9(16-11)15-10(14-8)17(5-2)6-3/h4-7,11H2,1-3H3,(H2,12,13,14,15,16). The zero-order valence-corrected chi connectivity index (χ0v) is 10.7. The molecule has 0 aliphatic carbocycles. The lowest BCUT2D eigenvalue weighted by Gasteiger charge is -2.19. The molecule has 0 aliphatic rings. The van der Waals surface area contributed by atoms with E-state index in [0.717, 1.165) is 26.1 Å². The van der Waals surface area contributed by atoms with Crippen molar-refractivity contribution < 1.29 is 0 Å². The van der Waals surface area contributed by atoms with E-state index in [-0.39, 0.29) is 0 Å². The summed E-state index contributed by atoms with van der Waals surface area (Å²) in [6.45, 7) is 8.72. The van der Waals surface area contributed by atoms with Gasteiger partial charge in [0.1, 0.15) is 0 Å². The van der Waals surface area contributed by atoms with E-state index in [2.05, 4.69) is 46.5 Å². The number of hydrazine groups is 1. The maximum atomic E-state index is 5.35. The number of hydrogen-bond donors (Lipinski definition) is 3. The Labute approximate surface area is 102 Å². The van der Waals surface area contributed by atoms with Gasteiger partial charge in [0.05, 0.1) is 0 Å². The van der Waals surface area contributed by atoms with Gasteiger partial charge < -0.3 is 10.2 Å². The van der Waals surface area contributed by atoms with Crippen LogP contribution in [0.1, 0.15) is 27.2 Å². The molecule has 96 valence electrons. The summed E-state index contributed by atoms with van der Waals surface area (Å²) in [5.74, 6) is 6.91. The zero-order valence-electron chi connectivity index (χ0n) is 10.7. The Morgan fingerprint density at radius 1 is 1.06 bits per heavy atom. The normalized spacial score (nSPS) is 10.1. The molecule has 7 nitrogen and oxygen atoms in total. The minimum Gasteiger partial charge on any atom is -0.354 e. The van der Waals surface area contributed by atoms with Crippen LogP contribution in [0.4, 0.5) is 17.8 Å². The molecule has 7 heteroatoms. The SMILES string of the molecule is CCCNc1nc(NN)nc(N(CC)CC)n1. The van der Waals surface area contributed by atoms with Crippen molar-refractivity contribution >= 4 is 17.8 Å². The molecule has 0 saturated heterocycles. The molecule has 0 aromatic carbocycles. The van der Waals surface area contributed by atoms with E-state index in [4.69, 9.17) is 5.84 Å². The maximum Gasteiger partial charge on any atom is 0.243 e. The lowest BCUT2D eigenvalue weighted by atomic mass is 10.5. The molecule has 0 amide bonds. The molecule has 0 unspecified atom stereocenters. The summed E-state index contributed by atoms with van der Waals surface area (Å²) in [5.41, 5.74) is 2.46. The van der Waals surface area contributed by atoms with Gasteiger partial charge in [-0.1, -0.05) is 6.92 Å². The highest BCUT2D eigenvalue weighted by atomic mass is 15.4.